The minimum Gasteiger partial charge on any atom is -0.459 e. The number of benzene rings is 2. The number of nitrogens with one attached hydrogen (secondary N) is 1. The van der Waals surface area contributed by atoms with Gasteiger partial charge in [-0.05, 0) is 43.0 Å². The number of nitrogens with zero attached hydrogens (tertiary/aromatic N) is 1. The van der Waals surface area contributed by atoms with E-state index in [2.05, 4.69) is 5.32 Å². The fourth-order valence-electron chi connectivity index (χ4n) is 4.35. The fraction of sp³-hybridized carbons (Fsp3) is 0.333. The van der Waals surface area contributed by atoms with Gasteiger partial charge in [0.2, 0.25) is 5.91 Å². The molecule has 166 valence electrons. The first-order valence-corrected chi connectivity index (χ1v) is 11.4. The maximum absolute atomic E-state index is 13.7. The van der Waals surface area contributed by atoms with Crippen molar-refractivity contribution in [2.75, 3.05) is 0 Å². The molecule has 1 fully saturated rings. The first-order valence-electron chi connectivity index (χ1n) is 11.4. The smallest absolute Gasteiger partial charge is 0.290 e. The summed E-state index contributed by atoms with van der Waals surface area (Å²) in [5, 5.41) is 3.24. The van der Waals surface area contributed by atoms with Crippen LogP contribution in [0.25, 0.3) is 0 Å². The van der Waals surface area contributed by atoms with Gasteiger partial charge in [-0.3, -0.25) is 9.59 Å². The molecule has 1 aliphatic rings. The largest absolute Gasteiger partial charge is 0.459 e. The van der Waals surface area contributed by atoms with E-state index in [-0.39, 0.29) is 23.6 Å². The van der Waals surface area contributed by atoms with Gasteiger partial charge < -0.3 is 14.6 Å². The summed E-state index contributed by atoms with van der Waals surface area (Å²) in [4.78, 5) is 28.8. The van der Waals surface area contributed by atoms with E-state index in [1.165, 1.54) is 12.7 Å². The normalized spacial score (nSPS) is 15.2. The highest BCUT2D eigenvalue weighted by Crippen LogP contribution is 2.28. The molecule has 4 rings (SSSR count). The van der Waals surface area contributed by atoms with Crippen molar-refractivity contribution in [3.63, 3.8) is 0 Å². The highest BCUT2D eigenvalue weighted by molar-refractivity contribution is 5.96. The number of hydrogen-bond acceptors (Lipinski definition) is 3. The first kappa shape index (κ1) is 21.9. The van der Waals surface area contributed by atoms with Gasteiger partial charge in [0.1, 0.15) is 6.04 Å². The van der Waals surface area contributed by atoms with Crippen molar-refractivity contribution in [3.05, 3.63) is 95.4 Å². The molecule has 0 unspecified atom stereocenters. The van der Waals surface area contributed by atoms with Gasteiger partial charge in [-0.2, -0.15) is 0 Å². The van der Waals surface area contributed by atoms with Crippen LogP contribution in [0.1, 0.15) is 65.4 Å². The summed E-state index contributed by atoms with van der Waals surface area (Å²) < 4.78 is 5.43. The van der Waals surface area contributed by atoms with Crippen LogP contribution >= 0.6 is 0 Å². The lowest BCUT2D eigenvalue weighted by atomic mass is 9.94. The molecule has 1 heterocycles. The van der Waals surface area contributed by atoms with E-state index in [0.717, 1.165) is 42.4 Å². The Kier molecular flexibility index (Phi) is 7.05. The summed E-state index contributed by atoms with van der Waals surface area (Å²) in [5.41, 5.74) is 2.85. The summed E-state index contributed by atoms with van der Waals surface area (Å²) in [6.07, 6.45) is 6.91. The van der Waals surface area contributed by atoms with Crippen molar-refractivity contribution in [1.29, 1.82) is 0 Å². The van der Waals surface area contributed by atoms with Gasteiger partial charge in [0, 0.05) is 12.6 Å². The number of furan rings is 1. The van der Waals surface area contributed by atoms with Crippen LogP contribution in [0.3, 0.4) is 0 Å². The molecule has 0 radical (unpaired) electrons. The zero-order valence-electron chi connectivity index (χ0n) is 18.5. The zero-order valence-corrected chi connectivity index (χ0v) is 18.5. The molecule has 3 aromatic rings. The number of carbonyl (C=O) groups is 2. The lowest BCUT2D eigenvalue weighted by Gasteiger charge is -2.33. The maximum atomic E-state index is 13.7. The predicted octanol–water partition coefficient (Wildman–Crippen LogP) is 5.42. The Morgan fingerprint density at radius 1 is 0.969 bits per heavy atom. The molecule has 1 aromatic heterocycles. The Hall–Kier alpha value is -3.34. The van der Waals surface area contributed by atoms with Crippen LogP contribution in [0.15, 0.2) is 77.4 Å². The Balaban J connectivity index is 1.71. The first-order chi connectivity index (χ1) is 15.6. The Morgan fingerprint density at radius 3 is 2.34 bits per heavy atom. The van der Waals surface area contributed by atoms with Gasteiger partial charge in [0.25, 0.3) is 5.91 Å². The molecule has 1 saturated carbocycles. The van der Waals surface area contributed by atoms with E-state index in [1.54, 1.807) is 17.0 Å². The van der Waals surface area contributed by atoms with Crippen molar-refractivity contribution in [2.45, 2.75) is 57.7 Å². The van der Waals surface area contributed by atoms with E-state index in [1.807, 2.05) is 61.5 Å². The molecular formula is C27H30N2O3. The lowest BCUT2D eigenvalue weighted by Crippen LogP contribution is -2.46. The van der Waals surface area contributed by atoms with E-state index in [4.69, 9.17) is 4.42 Å². The van der Waals surface area contributed by atoms with Gasteiger partial charge >= 0.3 is 0 Å². The number of rotatable bonds is 7. The molecule has 2 amide bonds. The highest BCUT2D eigenvalue weighted by atomic mass is 16.3. The molecule has 0 spiro atoms. The third-order valence-electron chi connectivity index (χ3n) is 6.09. The molecule has 1 N–H and O–H groups in total. The Labute approximate surface area is 189 Å². The van der Waals surface area contributed by atoms with Gasteiger partial charge in [0.15, 0.2) is 5.76 Å². The van der Waals surface area contributed by atoms with E-state index in [0.29, 0.717) is 6.54 Å². The summed E-state index contributed by atoms with van der Waals surface area (Å²) in [6, 6.07) is 20.3. The van der Waals surface area contributed by atoms with Crippen LogP contribution in [-0.4, -0.2) is 22.8 Å². The number of aryl methyl sites for hydroxylation is 1. The summed E-state index contributed by atoms with van der Waals surface area (Å²) >= 11 is 0. The maximum Gasteiger partial charge on any atom is 0.290 e. The minimum atomic E-state index is -0.754. The van der Waals surface area contributed by atoms with Crippen LogP contribution in [0.5, 0.6) is 0 Å². The molecule has 5 nitrogen and oxygen atoms in total. The molecular weight excluding hydrogens is 400 g/mol. The van der Waals surface area contributed by atoms with E-state index < -0.39 is 6.04 Å². The average Bonchev–Trinajstić information content (AvgIpc) is 3.36. The highest BCUT2D eigenvalue weighted by Gasteiger charge is 2.34. The van der Waals surface area contributed by atoms with Crippen molar-refractivity contribution in [2.24, 2.45) is 0 Å². The van der Waals surface area contributed by atoms with Crippen LogP contribution in [0.2, 0.25) is 0 Å². The molecule has 2 aromatic carbocycles. The van der Waals surface area contributed by atoms with Gasteiger partial charge in [-0.15, -0.1) is 0 Å². The van der Waals surface area contributed by atoms with Crippen molar-refractivity contribution < 1.29 is 14.0 Å². The molecule has 32 heavy (non-hydrogen) atoms. The third-order valence-corrected chi connectivity index (χ3v) is 6.09. The molecule has 5 heteroatoms. The molecule has 1 atom stereocenters. The topological polar surface area (TPSA) is 62.6 Å². The van der Waals surface area contributed by atoms with Crippen molar-refractivity contribution in [3.8, 4) is 0 Å². The third kappa shape index (κ3) is 5.28. The SMILES string of the molecule is Cc1ccc([C@H](C(=O)NC2CCCCC2)N(Cc2ccccc2)C(=O)c2ccco2)cc1. The van der Waals surface area contributed by atoms with Gasteiger partial charge in [-0.1, -0.05) is 79.4 Å². The second-order valence-electron chi connectivity index (χ2n) is 8.55. The van der Waals surface area contributed by atoms with Crippen LogP contribution < -0.4 is 5.32 Å². The molecule has 1 aliphatic carbocycles. The van der Waals surface area contributed by atoms with Crippen LogP contribution in [0, 0.1) is 6.92 Å². The zero-order chi connectivity index (χ0) is 22.3. The summed E-state index contributed by atoms with van der Waals surface area (Å²) in [5.74, 6) is -0.219. The van der Waals surface area contributed by atoms with Crippen molar-refractivity contribution in [1.82, 2.24) is 10.2 Å². The van der Waals surface area contributed by atoms with E-state index in [9.17, 15) is 9.59 Å². The fourth-order valence-corrected chi connectivity index (χ4v) is 4.35. The number of carbonyl (C=O) groups excluding carboxylic acids is 2. The number of amides is 2. The quantitative estimate of drug-likeness (QED) is 0.544. The van der Waals surface area contributed by atoms with Gasteiger partial charge in [0.05, 0.1) is 6.26 Å². The second kappa shape index (κ2) is 10.3. The lowest BCUT2D eigenvalue weighted by molar-refractivity contribution is -0.127. The molecule has 0 saturated heterocycles. The Morgan fingerprint density at radius 2 is 1.69 bits per heavy atom. The average molecular weight is 431 g/mol. The number of hydrogen-bond donors (Lipinski definition) is 1. The van der Waals surface area contributed by atoms with E-state index >= 15 is 0 Å². The monoisotopic (exact) mass is 430 g/mol. The molecule has 0 bridgehead atoms. The Bertz CT molecular complexity index is 1010. The second-order valence-corrected chi connectivity index (χ2v) is 8.55. The standard InChI is InChI=1S/C27H30N2O3/c1-20-14-16-22(17-15-20)25(26(30)28-23-11-6-3-7-12-23)29(19-21-9-4-2-5-10-21)27(31)24-13-8-18-32-24/h2,4-5,8-10,13-18,23,25H,3,6-7,11-12,19H2,1H3,(H,28,30)/t25-/m1/s1. The minimum absolute atomic E-state index is 0.142. The van der Waals surface area contributed by atoms with Crippen molar-refractivity contribution >= 4 is 11.8 Å². The summed E-state index contributed by atoms with van der Waals surface area (Å²) in [7, 11) is 0. The predicted molar refractivity (Wildman–Crippen MR) is 124 cm³/mol. The summed E-state index contributed by atoms with van der Waals surface area (Å²) in [6.45, 7) is 2.31. The van der Waals surface area contributed by atoms with Crippen LogP contribution in [0.4, 0.5) is 0 Å². The van der Waals surface area contributed by atoms with Crippen LogP contribution in [-0.2, 0) is 11.3 Å². The molecule has 0 aliphatic heterocycles. The van der Waals surface area contributed by atoms with Gasteiger partial charge in [-0.25, -0.2) is 0 Å².